The molecule has 0 aliphatic carbocycles. The van der Waals surface area contributed by atoms with E-state index in [4.69, 9.17) is 16.7 Å². The molecule has 88 valence electrons. The number of carboxylic acids is 1. The topological polar surface area (TPSA) is 55.1 Å². The highest BCUT2D eigenvalue weighted by molar-refractivity contribution is 6.31. The van der Waals surface area contributed by atoms with Crippen molar-refractivity contribution in [2.75, 3.05) is 0 Å². The molecule has 1 heterocycles. The second-order valence-electron chi connectivity index (χ2n) is 3.70. The number of carboxylic acid groups (broad SMARTS) is 1. The van der Waals surface area contributed by atoms with E-state index >= 15 is 0 Å². The van der Waals surface area contributed by atoms with Gasteiger partial charge >= 0.3 is 5.97 Å². The fraction of sp³-hybridized carbons (Fsp3) is 0.167. The molecule has 0 saturated heterocycles. The van der Waals surface area contributed by atoms with Gasteiger partial charge in [-0.3, -0.25) is 4.79 Å². The first-order chi connectivity index (χ1) is 8.15. The number of benzene rings is 1. The molecule has 1 aromatic heterocycles. The number of carbonyl (C=O) groups is 1. The number of imidazole rings is 1. The van der Waals surface area contributed by atoms with Crippen LogP contribution >= 0.6 is 11.6 Å². The monoisotopic (exact) mass is 250 g/mol. The van der Waals surface area contributed by atoms with E-state index in [2.05, 4.69) is 4.98 Å². The van der Waals surface area contributed by atoms with Crippen LogP contribution in [-0.4, -0.2) is 20.6 Å². The van der Waals surface area contributed by atoms with Gasteiger partial charge in [0.1, 0.15) is 0 Å². The van der Waals surface area contributed by atoms with Gasteiger partial charge in [-0.05, 0) is 11.6 Å². The van der Waals surface area contributed by atoms with Crippen LogP contribution in [0, 0.1) is 0 Å². The molecule has 2 rings (SSSR count). The van der Waals surface area contributed by atoms with Crippen molar-refractivity contribution in [3.05, 3.63) is 53.1 Å². The van der Waals surface area contributed by atoms with Gasteiger partial charge in [-0.2, -0.15) is 0 Å². The Bertz CT molecular complexity index is 537. The summed E-state index contributed by atoms with van der Waals surface area (Å²) in [7, 11) is 0. The minimum Gasteiger partial charge on any atom is -0.481 e. The minimum atomic E-state index is -0.881. The van der Waals surface area contributed by atoms with Crippen LogP contribution in [0.2, 0.25) is 5.02 Å². The Kier molecular flexibility index (Phi) is 3.44. The molecule has 0 aliphatic rings. The highest BCUT2D eigenvalue weighted by Crippen LogP contribution is 2.16. The molecule has 5 heteroatoms. The molecular weight excluding hydrogens is 240 g/mol. The zero-order valence-corrected chi connectivity index (χ0v) is 9.76. The molecule has 0 unspecified atom stereocenters. The lowest BCUT2D eigenvalue weighted by Gasteiger charge is -2.04. The second kappa shape index (κ2) is 5.01. The number of rotatable bonds is 4. The van der Waals surface area contributed by atoms with E-state index in [0.29, 0.717) is 17.3 Å². The minimum absolute atomic E-state index is 0.0600. The first kappa shape index (κ1) is 11.7. The van der Waals surface area contributed by atoms with Crippen molar-refractivity contribution >= 4 is 17.6 Å². The van der Waals surface area contributed by atoms with Crippen LogP contribution in [0.25, 0.3) is 0 Å². The highest BCUT2D eigenvalue weighted by Gasteiger charge is 2.05. The van der Waals surface area contributed by atoms with Gasteiger partial charge in [-0.25, -0.2) is 4.98 Å². The molecular formula is C12H11ClN2O2. The number of hydrogen-bond acceptors (Lipinski definition) is 2. The van der Waals surface area contributed by atoms with Gasteiger partial charge in [-0.15, -0.1) is 0 Å². The molecule has 0 fully saturated rings. The van der Waals surface area contributed by atoms with Gasteiger partial charge in [0, 0.05) is 17.8 Å². The molecule has 0 bridgehead atoms. The third kappa shape index (κ3) is 3.07. The molecule has 0 saturated carbocycles. The average molecular weight is 251 g/mol. The summed E-state index contributed by atoms with van der Waals surface area (Å²) in [5, 5.41) is 9.34. The smallest absolute Gasteiger partial charge is 0.309 e. The van der Waals surface area contributed by atoms with Gasteiger partial charge < -0.3 is 9.67 Å². The first-order valence-corrected chi connectivity index (χ1v) is 5.49. The van der Waals surface area contributed by atoms with E-state index in [1.807, 2.05) is 28.8 Å². The average Bonchev–Trinajstić information content (AvgIpc) is 2.68. The Balaban J connectivity index is 2.12. The predicted molar refractivity (Wildman–Crippen MR) is 64.1 cm³/mol. The Morgan fingerprint density at radius 2 is 2.18 bits per heavy atom. The highest BCUT2D eigenvalue weighted by atomic mass is 35.5. The van der Waals surface area contributed by atoms with Crippen molar-refractivity contribution in [1.82, 2.24) is 9.55 Å². The summed E-state index contributed by atoms with van der Waals surface area (Å²) in [5.41, 5.74) is 1.53. The molecule has 2 aromatic rings. The molecule has 1 aromatic carbocycles. The normalized spacial score (nSPS) is 10.4. The zero-order chi connectivity index (χ0) is 12.3. The van der Waals surface area contributed by atoms with Gasteiger partial charge in [-0.1, -0.05) is 29.8 Å². The van der Waals surface area contributed by atoms with E-state index in [9.17, 15) is 4.79 Å². The Hall–Kier alpha value is -1.81. The van der Waals surface area contributed by atoms with E-state index in [1.54, 1.807) is 12.5 Å². The lowest BCUT2D eigenvalue weighted by molar-refractivity contribution is -0.136. The van der Waals surface area contributed by atoms with Crippen LogP contribution in [0.5, 0.6) is 0 Å². The molecule has 0 atom stereocenters. The summed E-state index contributed by atoms with van der Waals surface area (Å²) in [4.78, 5) is 14.5. The number of hydrogen-bond donors (Lipinski definition) is 1. The van der Waals surface area contributed by atoms with Gasteiger partial charge in [0.2, 0.25) is 0 Å². The lowest BCUT2D eigenvalue weighted by Crippen LogP contribution is -2.00. The van der Waals surface area contributed by atoms with E-state index < -0.39 is 5.97 Å². The molecule has 0 amide bonds. The third-order valence-electron chi connectivity index (χ3n) is 2.33. The van der Waals surface area contributed by atoms with Gasteiger partial charge in [0.25, 0.3) is 0 Å². The van der Waals surface area contributed by atoms with Crippen molar-refractivity contribution < 1.29 is 9.90 Å². The van der Waals surface area contributed by atoms with Crippen molar-refractivity contribution in [3.8, 4) is 0 Å². The largest absolute Gasteiger partial charge is 0.481 e. The summed E-state index contributed by atoms with van der Waals surface area (Å²) >= 11 is 6.04. The Morgan fingerprint density at radius 1 is 1.41 bits per heavy atom. The maximum absolute atomic E-state index is 10.5. The van der Waals surface area contributed by atoms with E-state index in [0.717, 1.165) is 5.56 Å². The molecule has 4 nitrogen and oxygen atoms in total. The number of halogens is 1. The van der Waals surface area contributed by atoms with E-state index in [1.165, 1.54) is 0 Å². The van der Waals surface area contributed by atoms with Gasteiger partial charge in [0.05, 0.1) is 18.4 Å². The van der Waals surface area contributed by atoms with Crippen molar-refractivity contribution in [2.45, 2.75) is 13.0 Å². The lowest BCUT2D eigenvalue weighted by atomic mass is 10.2. The summed E-state index contributed by atoms with van der Waals surface area (Å²) in [6.07, 6.45) is 3.27. The zero-order valence-electron chi connectivity index (χ0n) is 9.01. The quantitative estimate of drug-likeness (QED) is 0.905. The molecule has 0 radical (unpaired) electrons. The van der Waals surface area contributed by atoms with Crippen LogP contribution in [-0.2, 0) is 17.8 Å². The Morgan fingerprint density at radius 3 is 2.88 bits per heavy atom. The number of aromatic nitrogens is 2. The fourth-order valence-electron chi connectivity index (χ4n) is 1.56. The van der Waals surface area contributed by atoms with Crippen LogP contribution < -0.4 is 0 Å². The SMILES string of the molecule is O=C(O)Cc1cn(Cc2ccccc2Cl)cn1. The Labute approximate surface area is 103 Å². The predicted octanol–water partition coefficient (Wildman–Crippen LogP) is 2.21. The van der Waals surface area contributed by atoms with Crippen molar-refractivity contribution in [3.63, 3.8) is 0 Å². The summed E-state index contributed by atoms with van der Waals surface area (Å²) in [6, 6.07) is 7.54. The van der Waals surface area contributed by atoms with Crippen LogP contribution in [0.15, 0.2) is 36.8 Å². The maximum atomic E-state index is 10.5. The first-order valence-electron chi connectivity index (χ1n) is 5.11. The van der Waals surface area contributed by atoms with Crippen LogP contribution in [0.1, 0.15) is 11.3 Å². The second-order valence-corrected chi connectivity index (χ2v) is 4.11. The molecule has 17 heavy (non-hydrogen) atoms. The summed E-state index contributed by atoms with van der Waals surface area (Å²) < 4.78 is 1.82. The molecule has 0 aliphatic heterocycles. The van der Waals surface area contributed by atoms with Crippen molar-refractivity contribution in [1.29, 1.82) is 0 Å². The van der Waals surface area contributed by atoms with Gasteiger partial charge in [0.15, 0.2) is 0 Å². The maximum Gasteiger partial charge on any atom is 0.309 e. The standard InChI is InChI=1S/C12H11ClN2O2/c13-11-4-2-1-3-9(11)6-15-7-10(14-8-15)5-12(16)17/h1-4,7-8H,5-6H2,(H,16,17). The third-order valence-corrected chi connectivity index (χ3v) is 2.70. The number of nitrogens with zero attached hydrogens (tertiary/aromatic N) is 2. The number of aliphatic carboxylic acids is 1. The fourth-order valence-corrected chi connectivity index (χ4v) is 1.76. The van der Waals surface area contributed by atoms with E-state index in [-0.39, 0.29) is 6.42 Å². The summed E-state index contributed by atoms with van der Waals surface area (Å²) in [5.74, 6) is -0.881. The van der Waals surface area contributed by atoms with Crippen LogP contribution in [0.3, 0.4) is 0 Å². The summed E-state index contributed by atoms with van der Waals surface area (Å²) in [6.45, 7) is 0.590. The molecule has 0 spiro atoms. The molecule has 1 N–H and O–H groups in total. The van der Waals surface area contributed by atoms with Crippen LogP contribution in [0.4, 0.5) is 0 Å². The van der Waals surface area contributed by atoms with Crippen molar-refractivity contribution in [2.24, 2.45) is 0 Å².